The molecule has 1 heterocycles. The Morgan fingerprint density at radius 3 is 2.95 bits per heavy atom. The first kappa shape index (κ1) is 13.2. The number of hydrogen-bond donors (Lipinski definition) is 2. The summed E-state index contributed by atoms with van der Waals surface area (Å²) in [4.78, 5) is 23.6. The van der Waals surface area contributed by atoms with Crippen LogP contribution in [0.25, 0.3) is 0 Å². The molecule has 1 aliphatic heterocycles. The summed E-state index contributed by atoms with van der Waals surface area (Å²) in [6.45, 7) is 0.697. The van der Waals surface area contributed by atoms with Gasteiger partial charge >= 0.3 is 0 Å². The normalized spacial score (nSPS) is 24.9. The second kappa shape index (κ2) is 5.65. The highest BCUT2D eigenvalue weighted by Crippen LogP contribution is 2.29. The lowest BCUT2D eigenvalue weighted by Gasteiger charge is -2.26. The third kappa shape index (κ3) is 2.69. The van der Waals surface area contributed by atoms with E-state index in [4.69, 9.17) is 0 Å². The van der Waals surface area contributed by atoms with Gasteiger partial charge in [0.1, 0.15) is 0 Å². The highest BCUT2D eigenvalue weighted by molar-refractivity contribution is 5.87. The summed E-state index contributed by atoms with van der Waals surface area (Å²) in [5.74, 6) is -0.133. The summed E-state index contributed by atoms with van der Waals surface area (Å²) in [5, 5.41) is 5.88. The Balaban J connectivity index is 1.63. The quantitative estimate of drug-likeness (QED) is 0.880. The third-order valence-electron chi connectivity index (χ3n) is 4.30. The molecule has 1 aromatic rings. The maximum absolute atomic E-state index is 12.1. The number of rotatable bonds is 3. The van der Waals surface area contributed by atoms with E-state index >= 15 is 0 Å². The average molecular weight is 272 g/mol. The molecule has 3 rings (SSSR count). The van der Waals surface area contributed by atoms with Crippen LogP contribution in [0, 0.1) is 5.92 Å². The summed E-state index contributed by atoms with van der Waals surface area (Å²) in [5.41, 5.74) is 2.57. The molecule has 0 spiro atoms. The highest BCUT2D eigenvalue weighted by atomic mass is 16.2. The zero-order valence-corrected chi connectivity index (χ0v) is 11.5. The second-order valence-corrected chi connectivity index (χ2v) is 5.69. The minimum Gasteiger partial charge on any atom is -0.356 e. The van der Waals surface area contributed by atoms with E-state index < -0.39 is 0 Å². The molecule has 0 saturated carbocycles. The molecule has 1 aromatic carbocycles. The number of carbonyl (C=O) groups is 2. The number of aryl methyl sites for hydroxylation is 1. The lowest BCUT2D eigenvalue weighted by molar-refractivity contribution is -0.128. The van der Waals surface area contributed by atoms with Gasteiger partial charge < -0.3 is 10.6 Å². The predicted octanol–water partition coefficient (Wildman–Crippen LogP) is 1.71. The van der Waals surface area contributed by atoms with Crippen molar-refractivity contribution in [3.63, 3.8) is 0 Å². The fraction of sp³-hybridized carbons (Fsp3) is 0.500. The molecular weight excluding hydrogens is 252 g/mol. The molecule has 2 unspecified atom stereocenters. The molecule has 2 aliphatic rings. The number of benzene rings is 1. The Labute approximate surface area is 118 Å². The number of fused-ring (bicyclic) bond motifs is 1. The van der Waals surface area contributed by atoms with Gasteiger partial charge in [0.2, 0.25) is 11.8 Å². The minimum atomic E-state index is -0.145. The van der Waals surface area contributed by atoms with Crippen molar-refractivity contribution in [2.75, 3.05) is 6.54 Å². The van der Waals surface area contributed by atoms with Crippen molar-refractivity contribution in [2.45, 2.75) is 38.1 Å². The highest BCUT2D eigenvalue weighted by Gasteiger charge is 2.28. The van der Waals surface area contributed by atoms with Crippen molar-refractivity contribution in [2.24, 2.45) is 5.92 Å². The first-order chi connectivity index (χ1) is 9.74. The monoisotopic (exact) mass is 272 g/mol. The number of hydrogen-bond acceptors (Lipinski definition) is 2. The van der Waals surface area contributed by atoms with Gasteiger partial charge in [-0.25, -0.2) is 0 Å². The van der Waals surface area contributed by atoms with Gasteiger partial charge in [-0.2, -0.15) is 0 Å². The standard InChI is InChI=1S/C16H20N2O2/c19-15(10-12-8-9-17-16(12)20)18-14-7-3-5-11-4-1-2-6-13(11)14/h1-2,4,6,12,14H,3,5,7-10H2,(H,17,20)(H,18,19). The van der Waals surface area contributed by atoms with Crippen LogP contribution in [0.4, 0.5) is 0 Å². The summed E-state index contributed by atoms with van der Waals surface area (Å²) in [6.07, 6.45) is 4.26. The van der Waals surface area contributed by atoms with E-state index in [0.29, 0.717) is 13.0 Å². The molecule has 106 valence electrons. The summed E-state index contributed by atoms with van der Waals surface area (Å²) in [6, 6.07) is 8.41. The zero-order valence-electron chi connectivity index (χ0n) is 11.5. The Hall–Kier alpha value is -1.84. The van der Waals surface area contributed by atoms with Crippen LogP contribution in [0.1, 0.15) is 42.9 Å². The third-order valence-corrected chi connectivity index (χ3v) is 4.30. The van der Waals surface area contributed by atoms with Crippen molar-refractivity contribution < 1.29 is 9.59 Å². The van der Waals surface area contributed by atoms with Gasteiger partial charge in [-0.05, 0) is 36.8 Å². The predicted molar refractivity (Wildman–Crippen MR) is 76.0 cm³/mol. The van der Waals surface area contributed by atoms with Gasteiger partial charge in [0.15, 0.2) is 0 Å². The van der Waals surface area contributed by atoms with Gasteiger partial charge in [0, 0.05) is 18.9 Å². The molecule has 0 bridgehead atoms. The van der Waals surface area contributed by atoms with Crippen molar-refractivity contribution >= 4 is 11.8 Å². The van der Waals surface area contributed by atoms with Crippen LogP contribution in [-0.4, -0.2) is 18.4 Å². The summed E-state index contributed by atoms with van der Waals surface area (Å²) < 4.78 is 0. The van der Waals surface area contributed by atoms with Crippen LogP contribution in [0.5, 0.6) is 0 Å². The first-order valence-corrected chi connectivity index (χ1v) is 7.39. The number of nitrogens with one attached hydrogen (secondary N) is 2. The minimum absolute atomic E-state index is 0.00578. The molecule has 2 amide bonds. The van der Waals surface area contributed by atoms with Crippen LogP contribution >= 0.6 is 0 Å². The van der Waals surface area contributed by atoms with Gasteiger partial charge in [0.25, 0.3) is 0 Å². The van der Waals surface area contributed by atoms with E-state index in [9.17, 15) is 9.59 Å². The second-order valence-electron chi connectivity index (χ2n) is 5.69. The molecule has 1 fully saturated rings. The van der Waals surface area contributed by atoms with E-state index in [0.717, 1.165) is 25.7 Å². The molecule has 0 aromatic heterocycles. The Morgan fingerprint density at radius 2 is 2.15 bits per heavy atom. The maximum Gasteiger partial charge on any atom is 0.223 e. The summed E-state index contributed by atoms with van der Waals surface area (Å²) in [7, 11) is 0. The van der Waals surface area contributed by atoms with Crippen LogP contribution in [0.15, 0.2) is 24.3 Å². The molecule has 1 aliphatic carbocycles. The van der Waals surface area contributed by atoms with Crippen molar-refractivity contribution in [3.8, 4) is 0 Å². The average Bonchev–Trinajstić information content (AvgIpc) is 2.85. The number of carbonyl (C=O) groups excluding carboxylic acids is 2. The van der Waals surface area contributed by atoms with E-state index in [1.165, 1.54) is 11.1 Å². The Morgan fingerprint density at radius 1 is 1.30 bits per heavy atom. The molecular formula is C16H20N2O2. The molecule has 4 heteroatoms. The van der Waals surface area contributed by atoms with Gasteiger partial charge in [-0.1, -0.05) is 24.3 Å². The van der Waals surface area contributed by atoms with Crippen LogP contribution < -0.4 is 10.6 Å². The van der Waals surface area contributed by atoms with Gasteiger partial charge in [-0.3, -0.25) is 9.59 Å². The van der Waals surface area contributed by atoms with E-state index in [2.05, 4.69) is 22.8 Å². The Kier molecular flexibility index (Phi) is 3.72. The number of amides is 2. The molecule has 0 radical (unpaired) electrons. The van der Waals surface area contributed by atoms with E-state index in [-0.39, 0.29) is 23.8 Å². The molecule has 2 atom stereocenters. The van der Waals surface area contributed by atoms with Crippen LogP contribution in [-0.2, 0) is 16.0 Å². The molecule has 2 N–H and O–H groups in total. The van der Waals surface area contributed by atoms with Crippen molar-refractivity contribution in [1.82, 2.24) is 10.6 Å². The molecule has 1 saturated heterocycles. The van der Waals surface area contributed by atoms with Gasteiger partial charge in [0.05, 0.1) is 6.04 Å². The SMILES string of the molecule is O=C(CC1CCNC1=O)NC1CCCc2ccccc21. The fourth-order valence-corrected chi connectivity index (χ4v) is 3.22. The van der Waals surface area contributed by atoms with Crippen molar-refractivity contribution in [3.05, 3.63) is 35.4 Å². The molecule has 4 nitrogen and oxygen atoms in total. The fourth-order valence-electron chi connectivity index (χ4n) is 3.22. The van der Waals surface area contributed by atoms with Crippen molar-refractivity contribution in [1.29, 1.82) is 0 Å². The molecule has 20 heavy (non-hydrogen) atoms. The zero-order chi connectivity index (χ0) is 13.9. The van der Waals surface area contributed by atoms with Gasteiger partial charge in [-0.15, -0.1) is 0 Å². The summed E-state index contributed by atoms with van der Waals surface area (Å²) >= 11 is 0. The maximum atomic E-state index is 12.1. The lowest BCUT2D eigenvalue weighted by Crippen LogP contribution is -2.33. The lowest BCUT2D eigenvalue weighted by atomic mass is 9.87. The first-order valence-electron chi connectivity index (χ1n) is 7.39. The smallest absolute Gasteiger partial charge is 0.223 e. The van der Waals surface area contributed by atoms with Crippen LogP contribution in [0.2, 0.25) is 0 Å². The van der Waals surface area contributed by atoms with E-state index in [1.807, 2.05) is 12.1 Å². The van der Waals surface area contributed by atoms with Crippen LogP contribution in [0.3, 0.4) is 0 Å². The topological polar surface area (TPSA) is 58.2 Å². The largest absolute Gasteiger partial charge is 0.356 e. The van der Waals surface area contributed by atoms with E-state index in [1.54, 1.807) is 0 Å². The Bertz CT molecular complexity index is 527.